The summed E-state index contributed by atoms with van der Waals surface area (Å²) >= 11 is 0. The molecule has 0 rings (SSSR count). The molecule has 0 bridgehead atoms. The van der Waals surface area contributed by atoms with Gasteiger partial charge >= 0.3 is 5.97 Å². The van der Waals surface area contributed by atoms with Crippen LogP contribution in [0.25, 0.3) is 0 Å². The smallest absolute Gasteiger partial charge is 0.320 e. The summed E-state index contributed by atoms with van der Waals surface area (Å²) in [4.78, 5) is 13.2. The number of hydrogen-bond acceptors (Lipinski definition) is 3. The first-order chi connectivity index (χ1) is 5.60. The van der Waals surface area contributed by atoms with E-state index in [1.807, 2.05) is 32.6 Å². The van der Waals surface area contributed by atoms with E-state index in [0.717, 1.165) is 13.1 Å². The van der Waals surface area contributed by atoms with Crippen LogP contribution in [0.15, 0.2) is 0 Å². The number of ether oxygens (including phenoxy) is 1. The third-order valence-corrected chi connectivity index (χ3v) is 1.61. The van der Waals surface area contributed by atoms with Crippen LogP contribution < -0.4 is 0 Å². The number of carbonyl (C=O) groups is 1. The van der Waals surface area contributed by atoms with Crippen molar-refractivity contribution in [2.75, 3.05) is 19.6 Å². The van der Waals surface area contributed by atoms with Gasteiger partial charge in [0.1, 0.15) is 0 Å². The van der Waals surface area contributed by atoms with E-state index in [1.165, 1.54) is 0 Å². The van der Waals surface area contributed by atoms with Gasteiger partial charge in [-0.15, -0.1) is 0 Å². The SMILES string of the molecule is CCN(CC)CC(=O)OC(C)C. The third kappa shape index (κ3) is 5.13. The van der Waals surface area contributed by atoms with Crippen LogP contribution in [0.5, 0.6) is 0 Å². The highest BCUT2D eigenvalue weighted by atomic mass is 16.5. The van der Waals surface area contributed by atoms with Gasteiger partial charge in [-0.05, 0) is 26.9 Å². The zero-order valence-electron chi connectivity index (χ0n) is 8.46. The van der Waals surface area contributed by atoms with Gasteiger partial charge in [0.05, 0.1) is 12.6 Å². The lowest BCUT2D eigenvalue weighted by atomic mass is 10.4. The highest BCUT2D eigenvalue weighted by Gasteiger charge is 2.09. The molecular formula is C9H19NO2. The van der Waals surface area contributed by atoms with Crippen LogP contribution in [0, 0.1) is 0 Å². The maximum absolute atomic E-state index is 11.1. The zero-order chi connectivity index (χ0) is 9.56. The fraction of sp³-hybridized carbons (Fsp3) is 0.889. The summed E-state index contributed by atoms with van der Waals surface area (Å²) in [7, 11) is 0. The lowest BCUT2D eigenvalue weighted by Crippen LogP contribution is -2.31. The quantitative estimate of drug-likeness (QED) is 0.586. The van der Waals surface area contributed by atoms with Crippen molar-refractivity contribution < 1.29 is 9.53 Å². The predicted molar refractivity (Wildman–Crippen MR) is 49.0 cm³/mol. The Morgan fingerprint density at radius 2 is 1.83 bits per heavy atom. The molecule has 0 aliphatic carbocycles. The van der Waals surface area contributed by atoms with E-state index in [0.29, 0.717) is 6.54 Å². The van der Waals surface area contributed by atoms with E-state index in [1.54, 1.807) is 0 Å². The summed E-state index contributed by atoms with van der Waals surface area (Å²) in [5.74, 6) is -0.131. The average Bonchev–Trinajstić information content (AvgIpc) is 1.98. The molecule has 0 unspecified atom stereocenters. The molecule has 0 aliphatic heterocycles. The molecule has 0 N–H and O–H groups in total. The predicted octanol–water partition coefficient (Wildman–Crippen LogP) is 1.28. The number of carbonyl (C=O) groups excluding carboxylic acids is 1. The maximum atomic E-state index is 11.1. The molecule has 0 aromatic heterocycles. The van der Waals surface area contributed by atoms with E-state index >= 15 is 0 Å². The summed E-state index contributed by atoms with van der Waals surface area (Å²) in [5, 5.41) is 0. The second-order valence-electron chi connectivity index (χ2n) is 3.00. The number of likely N-dealkylation sites (N-methyl/N-ethyl adjacent to an activating group) is 1. The van der Waals surface area contributed by atoms with Gasteiger partial charge in [-0.25, -0.2) is 0 Å². The van der Waals surface area contributed by atoms with Gasteiger partial charge in [-0.1, -0.05) is 13.8 Å². The van der Waals surface area contributed by atoms with Crippen LogP contribution in [0.3, 0.4) is 0 Å². The first kappa shape index (κ1) is 11.4. The Labute approximate surface area is 74.7 Å². The van der Waals surface area contributed by atoms with Crippen molar-refractivity contribution in [1.29, 1.82) is 0 Å². The van der Waals surface area contributed by atoms with Crippen LogP contribution in [0.2, 0.25) is 0 Å². The van der Waals surface area contributed by atoms with E-state index in [-0.39, 0.29) is 12.1 Å². The maximum Gasteiger partial charge on any atom is 0.320 e. The molecule has 0 saturated carbocycles. The minimum absolute atomic E-state index is 0.00642. The molecule has 12 heavy (non-hydrogen) atoms. The zero-order valence-corrected chi connectivity index (χ0v) is 8.46. The number of nitrogens with zero attached hydrogens (tertiary/aromatic N) is 1. The van der Waals surface area contributed by atoms with Gasteiger partial charge in [0.25, 0.3) is 0 Å². The molecule has 0 aromatic rings. The Bertz CT molecular complexity index is 130. The molecule has 0 heterocycles. The fourth-order valence-electron chi connectivity index (χ4n) is 0.930. The van der Waals surface area contributed by atoms with Crippen molar-refractivity contribution in [3.05, 3.63) is 0 Å². The molecule has 0 amide bonds. The molecule has 0 radical (unpaired) electrons. The van der Waals surface area contributed by atoms with Gasteiger partial charge in [0.15, 0.2) is 0 Å². The fourth-order valence-corrected chi connectivity index (χ4v) is 0.930. The molecule has 3 nitrogen and oxygen atoms in total. The minimum atomic E-state index is -0.131. The third-order valence-electron chi connectivity index (χ3n) is 1.61. The van der Waals surface area contributed by atoms with E-state index < -0.39 is 0 Å². The largest absolute Gasteiger partial charge is 0.462 e. The monoisotopic (exact) mass is 173 g/mol. The van der Waals surface area contributed by atoms with Crippen molar-refractivity contribution in [3.63, 3.8) is 0 Å². The average molecular weight is 173 g/mol. The Morgan fingerprint density at radius 3 is 2.17 bits per heavy atom. The summed E-state index contributed by atoms with van der Waals surface area (Å²) < 4.78 is 5.00. The normalized spacial score (nSPS) is 10.8. The molecule has 0 fully saturated rings. The summed E-state index contributed by atoms with van der Waals surface area (Å²) in [6.45, 7) is 9.98. The first-order valence-corrected chi connectivity index (χ1v) is 4.52. The molecule has 0 saturated heterocycles. The van der Waals surface area contributed by atoms with Crippen LogP contribution in [-0.4, -0.2) is 36.6 Å². The minimum Gasteiger partial charge on any atom is -0.462 e. The summed E-state index contributed by atoms with van der Waals surface area (Å²) in [6.07, 6.45) is -0.00642. The van der Waals surface area contributed by atoms with E-state index in [4.69, 9.17) is 4.74 Å². The molecule has 72 valence electrons. The molecule has 0 aromatic carbocycles. The Hall–Kier alpha value is -0.570. The van der Waals surface area contributed by atoms with Crippen LogP contribution in [0.1, 0.15) is 27.7 Å². The standard InChI is InChI=1S/C9H19NO2/c1-5-10(6-2)7-9(11)12-8(3)4/h8H,5-7H2,1-4H3. The molecular weight excluding hydrogens is 154 g/mol. The lowest BCUT2D eigenvalue weighted by Gasteiger charge is -2.17. The van der Waals surface area contributed by atoms with Crippen molar-refractivity contribution in [3.8, 4) is 0 Å². The van der Waals surface area contributed by atoms with Crippen molar-refractivity contribution in [2.24, 2.45) is 0 Å². The number of rotatable bonds is 5. The molecule has 3 heteroatoms. The summed E-state index contributed by atoms with van der Waals surface area (Å²) in [5.41, 5.74) is 0. The topological polar surface area (TPSA) is 29.5 Å². The van der Waals surface area contributed by atoms with Crippen LogP contribution in [0.4, 0.5) is 0 Å². The van der Waals surface area contributed by atoms with Gasteiger partial charge in [-0.2, -0.15) is 0 Å². The molecule has 0 aliphatic rings. The van der Waals surface area contributed by atoms with Gasteiger partial charge < -0.3 is 4.74 Å². The van der Waals surface area contributed by atoms with Crippen LogP contribution in [-0.2, 0) is 9.53 Å². The molecule has 0 atom stereocenters. The highest BCUT2D eigenvalue weighted by molar-refractivity contribution is 5.71. The number of esters is 1. The van der Waals surface area contributed by atoms with Gasteiger partial charge in [0, 0.05) is 0 Å². The highest BCUT2D eigenvalue weighted by Crippen LogP contribution is 1.92. The molecule has 0 spiro atoms. The van der Waals surface area contributed by atoms with Gasteiger partial charge in [-0.3, -0.25) is 9.69 Å². The van der Waals surface area contributed by atoms with Crippen LogP contribution >= 0.6 is 0 Å². The Balaban J connectivity index is 3.66. The number of hydrogen-bond donors (Lipinski definition) is 0. The van der Waals surface area contributed by atoms with Crippen molar-refractivity contribution >= 4 is 5.97 Å². The second kappa shape index (κ2) is 6.00. The van der Waals surface area contributed by atoms with Crippen molar-refractivity contribution in [1.82, 2.24) is 4.90 Å². The Kier molecular flexibility index (Phi) is 5.72. The van der Waals surface area contributed by atoms with E-state index in [2.05, 4.69) is 0 Å². The first-order valence-electron chi connectivity index (χ1n) is 4.52. The Morgan fingerprint density at radius 1 is 1.33 bits per heavy atom. The summed E-state index contributed by atoms with van der Waals surface area (Å²) in [6, 6.07) is 0. The van der Waals surface area contributed by atoms with Gasteiger partial charge in [0.2, 0.25) is 0 Å². The van der Waals surface area contributed by atoms with E-state index in [9.17, 15) is 4.79 Å². The lowest BCUT2D eigenvalue weighted by molar-refractivity contribution is -0.148. The van der Waals surface area contributed by atoms with Crippen molar-refractivity contribution in [2.45, 2.75) is 33.8 Å². The second-order valence-corrected chi connectivity index (χ2v) is 3.00.